The number of ether oxygens (including phenoxy) is 2. The molecule has 1 N–H and O–H groups in total. The molecule has 28 heavy (non-hydrogen) atoms. The first-order valence-corrected chi connectivity index (χ1v) is 8.50. The minimum atomic E-state index is -1.46. The molecule has 0 aliphatic heterocycles. The van der Waals surface area contributed by atoms with E-state index in [0.29, 0.717) is 22.0 Å². The van der Waals surface area contributed by atoms with Gasteiger partial charge in [-0.3, -0.25) is 4.68 Å². The van der Waals surface area contributed by atoms with E-state index in [2.05, 4.69) is 9.84 Å². The summed E-state index contributed by atoms with van der Waals surface area (Å²) in [5.41, 5.74) is 1.50. The Morgan fingerprint density at radius 1 is 1.18 bits per heavy atom. The molecule has 146 valence electrons. The van der Waals surface area contributed by atoms with Gasteiger partial charge >= 0.3 is 6.16 Å². The van der Waals surface area contributed by atoms with E-state index in [-0.39, 0.29) is 24.6 Å². The van der Waals surface area contributed by atoms with Crippen molar-refractivity contribution >= 4 is 17.8 Å². The predicted octanol–water partition coefficient (Wildman–Crippen LogP) is 4.81. The Morgan fingerprint density at radius 2 is 1.96 bits per heavy atom. The molecule has 0 aliphatic rings. The number of hydrogen-bond donors (Lipinski definition) is 1. The summed E-state index contributed by atoms with van der Waals surface area (Å²) in [6.45, 7) is 1.85. The van der Waals surface area contributed by atoms with Crippen molar-refractivity contribution in [3.8, 4) is 11.6 Å². The second kappa shape index (κ2) is 8.26. The Labute approximate surface area is 163 Å². The molecule has 0 atom stereocenters. The quantitative estimate of drug-likeness (QED) is 0.593. The van der Waals surface area contributed by atoms with Crippen LogP contribution in [-0.4, -0.2) is 21.0 Å². The van der Waals surface area contributed by atoms with E-state index in [1.165, 1.54) is 16.8 Å². The van der Waals surface area contributed by atoms with Crippen LogP contribution in [0.25, 0.3) is 0 Å². The second-order valence-electron chi connectivity index (χ2n) is 5.93. The molecule has 0 aliphatic carbocycles. The molecule has 6 nitrogen and oxygen atoms in total. The molecule has 1 heterocycles. The summed E-state index contributed by atoms with van der Waals surface area (Å²) in [6, 6.07) is 9.65. The van der Waals surface area contributed by atoms with Gasteiger partial charge in [-0.1, -0.05) is 11.6 Å². The van der Waals surface area contributed by atoms with Crippen LogP contribution in [0.5, 0.6) is 11.6 Å². The third-order valence-corrected chi connectivity index (χ3v) is 4.13. The Balaban J connectivity index is 1.81. The van der Waals surface area contributed by atoms with Crippen molar-refractivity contribution in [1.29, 1.82) is 0 Å². The van der Waals surface area contributed by atoms with Gasteiger partial charge in [0.15, 0.2) is 0 Å². The topological polar surface area (TPSA) is 73.6 Å². The number of carboxylic acid groups (broad SMARTS) is 1. The van der Waals surface area contributed by atoms with Crippen LogP contribution in [0.1, 0.15) is 16.8 Å². The summed E-state index contributed by atoms with van der Waals surface area (Å²) in [5.74, 6) is -0.984. The van der Waals surface area contributed by atoms with E-state index in [4.69, 9.17) is 21.4 Å². The van der Waals surface area contributed by atoms with E-state index in [0.717, 1.165) is 12.1 Å². The number of carbonyl (C=O) groups is 1. The maximum Gasteiger partial charge on any atom is 0.512 e. The Bertz CT molecular complexity index is 1020. The monoisotopic (exact) mass is 408 g/mol. The molecule has 9 heteroatoms. The van der Waals surface area contributed by atoms with Crippen molar-refractivity contribution in [2.75, 3.05) is 0 Å². The predicted molar refractivity (Wildman–Crippen MR) is 96.9 cm³/mol. The first-order valence-electron chi connectivity index (χ1n) is 8.12. The maximum atomic E-state index is 13.8. The van der Waals surface area contributed by atoms with Crippen molar-refractivity contribution < 1.29 is 28.2 Å². The molecule has 0 amide bonds. The molecule has 0 radical (unpaired) electrons. The third-order valence-electron chi connectivity index (χ3n) is 3.89. The Kier molecular flexibility index (Phi) is 5.79. The number of aromatic nitrogens is 2. The van der Waals surface area contributed by atoms with Crippen molar-refractivity contribution in [2.24, 2.45) is 0 Å². The molecule has 0 bridgehead atoms. The molecule has 0 fully saturated rings. The van der Waals surface area contributed by atoms with Gasteiger partial charge in [0.05, 0.1) is 6.54 Å². The first kappa shape index (κ1) is 19.6. The van der Waals surface area contributed by atoms with Gasteiger partial charge in [0, 0.05) is 34.0 Å². The molecule has 3 aromatic rings. The zero-order valence-corrected chi connectivity index (χ0v) is 15.4. The van der Waals surface area contributed by atoms with E-state index >= 15 is 0 Å². The fourth-order valence-corrected chi connectivity index (χ4v) is 2.74. The summed E-state index contributed by atoms with van der Waals surface area (Å²) < 4.78 is 38.6. The van der Waals surface area contributed by atoms with Crippen LogP contribution in [-0.2, 0) is 13.2 Å². The van der Waals surface area contributed by atoms with Gasteiger partial charge in [-0.05, 0) is 37.3 Å². The van der Waals surface area contributed by atoms with Gasteiger partial charge in [-0.25, -0.2) is 13.6 Å². The molecule has 0 unspecified atom stereocenters. The fraction of sp³-hybridized carbons (Fsp3) is 0.158. The highest BCUT2D eigenvalue weighted by Crippen LogP contribution is 2.26. The molecule has 0 saturated carbocycles. The lowest BCUT2D eigenvalue weighted by Gasteiger charge is -2.13. The van der Waals surface area contributed by atoms with E-state index in [1.54, 1.807) is 25.1 Å². The fourth-order valence-electron chi connectivity index (χ4n) is 2.55. The minimum absolute atomic E-state index is 0.0529. The molecule has 2 aromatic carbocycles. The van der Waals surface area contributed by atoms with Gasteiger partial charge in [0.2, 0.25) is 5.88 Å². The minimum Gasteiger partial charge on any atom is -0.488 e. The highest BCUT2D eigenvalue weighted by Gasteiger charge is 2.13. The van der Waals surface area contributed by atoms with Crippen LogP contribution in [0.15, 0.2) is 42.5 Å². The Hall–Kier alpha value is -3.13. The molecule has 3 rings (SSSR count). The largest absolute Gasteiger partial charge is 0.512 e. The first-order chi connectivity index (χ1) is 13.3. The summed E-state index contributed by atoms with van der Waals surface area (Å²) in [5, 5.41) is 13.2. The van der Waals surface area contributed by atoms with Gasteiger partial charge in [-0.15, -0.1) is 5.10 Å². The highest BCUT2D eigenvalue weighted by atomic mass is 35.5. The van der Waals surface area contributed by atoms with Crippen molar-refractivity contribution in [2.45, 2.75) is 20.1 Å². The number of aryl methyl sites for hydroxylation is 1. The van der Waals surface area contributed by atoms with Crippen LogP contribution < -0.4 is 9.47 Å². The number of nitrogens with zero attached hydrogens (tertiary/aromatic N) is 2. The van der Waals surface area contributed by atoms with Crippen LogP contribution in [0.3, 0.4) is 0 Å². The Morgan fingerprint density at radius 3 is 2.68 bits per heavy atom. The average Bonchev–Trinajstić information content (AvgIpc) is 2.94. The number of hydrogen-bond acceptors (Lipinski definition) is 4. The maximum absolute atomic E-state index is 13.8. The number of rotatable bonds is 6. The van der Waals surface area contributed by atoms with Crippen molar-refractivity contribution in [1.82, 2.24) is 9.78 Å². The standard InChI is InChI=1S/C19H15ClF2N2O4/c1-11-6-18(28-19(25)26)23-24(11)9-13-7-14(20)3-5-17(13)27-10-12-2-4-15(21)8-16(12)22/h2-8H,9-10H2,1H3,(H,25,26). The summed E-state index contributed by atoms with van der Waals surface area (Å²) in [4.78, 5) is 10.7. The van der Waals surface area contributed by atoms with Crippen LogP contribution in [0.4, 0.5) is 13.6 Å². The molecule has 0 spiro atoms. The average molecular weight is 409 g/mol. The SMILES string of the molecule is Cc1cc(OC(=O)O)nn1Cc1cc(Cl)ccc1OCc1ccc(F)cc1F. The summed E-state index contributed by atoms with van der Waals surface area (Å²) in [7, 11) is 0. The van der Waals surface area contributed by atoms with Crippen molar-refractivity contribution in [3.05, 3.63) is 75.9 Å². The number of halogens is 3. The van der Waals surface area contributed by atoms with E-state index in [1.807, 2.05) is 0 Å². The zero-order valence-electron chi connectivity index (χ0n) is 14.7. The van der Waals surface area contributed by atoms with Crippen LogP contribution >= 0.6 is 11.6 Å². The smallest absolute Gasteiger partial charge is 0.488 e. The van der Waals surface area contributed by atoms with Crippen LogP contribution in [0, 0.1) is 18.6 Å². The summed E-state index contributed by atoms with van der Waals surface area (Å²) in [6.07, 6.45) is -1.46. The van der Waals surface area contributed by atoms with Gasteiger partial charge < -0.3 is 14.6 Å². The lowest BCUT2D eigenvalue weighted by Crippen LogP contribution is -2.08. The highest BCUT2D eigenvalue weighted by molar-refractivity contribution is 6.30. The van der Waals surface area contributed by atoms with E-state index < -0.39 is 17.8 Å². The van der Waals surface area contributed by atoms with Crippen molar-refractivity contribution in [3.63, 3.8) is 0 Å². The van der Waals surface area contributed by atoms with Gasteiger partial charge in [0.25, 0.3) is 0 Å². The summed E-state index contributed by atoms with van der Waals surface area (Å²) >= 11 is 6.07. The molecule has 0 saturated heterocycles. The van der Waals surface area contributed by atoms with Gasteiger partial charge in [0.1, 0.15) is 24.0 Å². The lowest BCUT2D eigenvalue weighted by molar-refractivity contribution is 0.142. The normalized spacial score (nSPS) is 10.7. The zero-order chi connectivity index (χ0) is 20.3. The lowest BCUT2D eigenvalue weighted by atomic mass is 10.2. The third kappa shape index (κ3) is 4.77. The molecule has 1 aromatic heterocycles. The van der Waals surface area contributed by atoms with Gasteiger partial charge in [-0.2, -0.15) is 0 Å². The number of benzene rings is 2. The molecular weight excluding hydrogens is 394 g/mol. The second-order valence-corrected chi connectivity index (χ2v) is 6.36. The molecular formula is C19H15ClF2N2O4. The van der Waals surface area contributed by atoms with Crippen LogP contribution in [0.2, 0.25) is 5.02 Å². The van der Waals surface area contributed by atoms with E-state index in [9.17, 15) is 13.6 Å².